The molecular weight excluding hydrogens is 394 g/mol. The number of nitrogens with one attached hydrogen (secondary N) is 1. The van der Waals surface area contributed by atoms with Crippen LogP contribution < -0.4 is 10.2 Å². The van der Waals surface area contributed by atoms with E-state index in [0.717, 1.165) is 50.1 Å². The zero-order chi connectivity index (χ0) is 22.0. The molecule has 4 rings (SSSR count). The molecule has 31 heavy (non-hydrogen) atoms. The number of amides is 1. The van der Waals surface area contributed by atoms with Gasteiger partial charge in [-0.15, -0.1) is 0 Å². The number of carbonyl (C=O) groups is 1. The van der Waals surface area contributed by atoms with Crippen molar-refractivity contribution in [2.24, 2.45) is 4.99 Å². The Morgan fingerprint density at radius 2 is 1.94 bits per heavy atom. The van der Waals surface area contributed by atoms with Crippen molar-refractivity contribution >= 4 is 17.9 Å². The largest absolute Gasteiger partial charge is 0.444 e. The number of ether oxygens (including phenoxy) is 1. The molecule has 170 valence electrons. The third-order valence-electron chi connectivity index (χ3n) is 5.95. The SMILES string of the molecule is CN1CCN(c2ccc(CNC3=NCC4CN(C(=O)OC(C)(C)C)CCN34)cn2)CC1. The van der Waals surface area contributed by atoms with Gasteiger partial charge in [-0.05, 0) is 39.4 Å². The van der Waals surface area contributed by atoms with Gasteiger partial charge in [0.15, 0.2) is 5.96 Å². The number of aliphatic imine (C=N–C) groups is 1. The van der Waals surface area contributed by atoms with Crippen LogP contribution in [-0.4, -0.2) is 103 Å². The number of pyridine rings is 1. The number of piperazine rings is 2. The molecule has 9 heteroatoms. The number of aromatic nitrogens is 1. The highest BCUT2D eigenvalue weighted by molar-refractivity contribution is 5.82. The van der Waals surface area contributed by atoms with E-state index in [2.05, 4.69) is 49.2 Å². The van der Waals surface area contributed by atoms with Crippen LogP contribution >= 0.6 is 0 Å². The van der Waals surface area contributed by atoms with Gasteiger partial charge in [0.1, 0.15) is 11.4 Å². The standard InChI is InChI=1S/C22H35N7O2/c1-22(2,3)31-21(30)28-11-12-29-18(16-28)15-25-20(29)24-14-17-5-6-19(23-13-17)27-9-7-26(4)8-10-27/h5-6,13,18H,7-12,14-16H2,1-4H3,(H,24,25). The average molecular weight is 430 g/mol. The second-order valence-corrected chi connectivity index (χ2v) is 9.61. The summed E-state index contributed by atoms with van der Waals surface area (Å²) in [5.74, 6) is 1.96. The Morgan fingerprint density at radius 1 is 1.16 bits per heavy atom. The van der Waals surface area contributed by atoms with Crippen molar-refractivity contribution in [1.82, 2.24) is 25.0 Å². The van der Waals surface area contributed by atoms with Gasteiger partial charge in [-0.3, -0.25) is 4.99 Å². The van der Waals surface area contributed by atoms with E-state index in [9.17, 15) is 4.79 Å². The predicted molar refractivity (Wildman–Crippen MR) is 121 cm³/mol. The number of carbonyl (C=O) groups excluding carboxylic acids is 1. The summed E-state index contributed by atoms with van der Waals surface area (Å²) in [4.78, 5) is 30.5. The van der Waals surface area contributed by atoms with Gasteiger partial charge in [-0.1, -0.05) is 6.07 Å². The van der Waals surface area contributed by atoms with Crippen molar-refractivity contribution in [2.45, 2.75) is 39.0 Å². The van der Waals surface area contributed by atoms with Gasteiger partial charge in [0.05, 0.1) is 12.6 Å². The molecule has 0 radical (unpaired) electrons. The Labute approximate surface area is 185 Å². The number of nitrogens with zero attached hydrogens (tertiary/aromatic N) is 6. The van der Waals surface area contributed by atoms with Crippen LogP contribution in [0.1, 0.15) is 26.3 Å². The zero-order valence-electron chi connectivity index (χ0n) is 19.2. The lowest BCUT2D eigenvalue weighted by atomic mass is 10.2. The minimum absolute atomic E-state index is 0.210. The van der Waals surface area contributed by atoms with E-state index in [0.29, 0.717) is 26.2 Å². The second-order valence-electron chi connectivity index (χ2n) is 9.61. The first-order valence-electron chi connectivity index (χ1n) is 11.2. The quantitative estimate of drug-likeness (QED) is 0.774. The van der Waals surface area contributed by atoms with E-state index in [1.807, 2.05) is 27.0 Å². The van der Waals surface area contributed by atoms with Crippen LogP contribution in [0.3, 0.4) is 0 Å². The summed E-state index contributed by atoms with van der Waals surface area (Å²) in [5, 5.41) is 3.47. The first-order valence-corrected chi connectivity index (χ1v) is 11.2. The molecule has 3 aliphatic heterocycles. The molecule has 3 aliphatic rings. The van der Waals surface area contributed by atoms with E-state index in [1.165, 1.54) is 0 Å². The molecule has 4 heterocycles. The summed E-state index contributed by atoms with van der Waals surface area (Å²) in [6.07, 6.45) is 1.72. The number of guanidine groups is 1. The molecule has 1 atom stereocenters. The fraction of sp³-hybridized carbons (Fsp3) is 0.682. The molecule has 1 aromatic rings. The number of hydrogen-bond acceptors (Lipinski definition) is 8. The molecule has 2 fully saturated rings. The second kappa shape index (κ2) is 8.90. The number of likely N-dealkylation sites (N-methyl/N-ethyl adjacent to an activating group) is 1. The number of rotatable bonds is 3. The third kappa shape index (κ3) is 5.39. The molecule has 1 aromatic heterocycles. The molecule has 1 unspecified atom stereocenters. The maximum Gasteiger partial charge on any atom is 0.410 e. The molecule has 0 spiro atoms. The smallest absolute Gasteiger partial charge is 0.410 e. The summed E-state index contributed by atoms with van der Waals surface area (Å²) in [5.41, 5.74) is 0.664. The van der Waals surface area contributed by atoms with Crippen LogP contribution in [0.4, 0.5) is 10.6 Å². The lowest BCUT2D eigenvalue weighted by Gasteiger charge is -2.39. The molecule has 0 bridgehead atoms. The Morgan fingerprint density at radius 3 is 2.61 bits per heavy atom. The highest BCUT2D eigenvalue weighted by Gasteiger charge is 2.36. The van der Waals surface area contributed by atoms with Crippen LogP contribution in [0.5, 0.6) is 0 Å². The van der Waals surface area contributed by atoms with E-state index in [-0.39, 0.29) is 12.1 Å². The Kier molecular flexibility index (Phi) is 6.22. The Balaban J connectivity index is 1.26. The predicted octanol–water partition coefficient (Wildman–Crippen LogP) is 1.21. The molecular formula is C22H35N7O2. The maximum atomic E-state index is 12.4. The van der Waals surface area contributed by atoms with Crippen molar-refractivity contribution in [3.8, 4) is 0 Å². The highest BCUT2D eigenvalue weighted by atomic mass is 16.6. The van der Waals surface area contributed by atoms with Crippen molar-refractivity contribution in [1.29, 1.82) is 0 Å². The minimum atomic E-state index is -0.471. The third-order valence-corrected chi connectivity index (χ3v) is 5.95. The van der Waals surface area contributed by atoms with Crippen LogP contribution in [0.25, 0.3) is 0 Å². The maximum absolute atomic E-state index is 12.4. The minimum Gasteiger partial charge on any atom is -0.444 e. The van der Waals surface area contributed by atoms with Gasteiger partial charge < -0.3 is 29.7 Å². The number of anilines is 1. The lowest BCUT2D eigenvalue weighted by molar-refractivity contribution is 0.0137. The van der Waals surface area contributed by atoms with E-state index in [4.69, 9.17) is 4.74 Å². The fourth-order valence-corrected chi connectivity index (χ4v) is 4.15. The number of fused-ring (bicyclic) bond motifs is 1. The Bertz CT molecular complexity index is 797. The molecule has 2 saturated heterocycles. The fourth-order valence-electron chi connectivity index (χ4n) is 4.15. The summed E-state index contributed by atoms with van der Waals surface area (Å²) in [6, 6.07) is 4.46. The average Bonchev–Trinajstić information content (AvgIpc) is 3.14. The normalized spacial score (nSPS) is 22.3. The first-order chi connectivity index (χ1) is 14.8. The van der Waals surface area contributed by atoms with Crippen LogP contribution in [0.15, 0.2) is 23.3 Å². The van der Waals surface area contributed by atoms with Gasteiger partial charge in [-0.2, -0.15) is 0 Å². The summed E-state index contributed by atoms with van der Waals surface area (Å²) in [6.45, 7) is 13.3. The van der Waals surface area contributed by atoms with Crippen LogP contribution in [0, 0.1) is 0 Å². The van der Waals surface area contributed by atoms with Crippen molar-refractivity contribution in [2.75, 3.05) is 64.3 Å². The monoisotopic (exact) mass is 429 g/mol. The van der Waals surface area contributed by atoms with Crippen LogP contribution in [0.2, 0.25) is 0 Å². The molecule has 0 aliphatic carbocycles. The van der Waals surface area contributed by atoms with Crippen molar-refractivity contribution in [3.05, 3.63) is 23.9 Å². The summed E-state index contributed by atoms with van der Waals surface area (Å²) >= 11 is 0. The van der Waals surface area contributed by atoms with Gasteiger partial charge >= 0.3 is 6.09 Å². The molecule has 0 saturated carbocycles. The van der Waals surface area contributed by atoms with Crippen molar-refractivity contribution < 1.29 is 9.53 Å². The molecule has 1 N–H and O–H groups in total. The molecule has 9 nitrogen and oxygen atoms in total. The molecule has 1 amide bonds. The van der Waals surface area contributed by atoms with Crippen LogP contribution in [-0.2, 0) is 11.3 Å². The van der Waals surface area contributed by atoms with Gasteiger partial charge in [0.25, 0.3) is 0 Å². The van der Waals surface area contributed by atoms with Gasteiger partial charge in [0, 0.05) is 58.6 Å². The Hall–Kier alpha value is -2.55. The zero-order valence-corrected chi connectivity index (χ0v) is 19.2. The lowest BCUT2D eigenvalue weighted by Crippen LogP contribution is -2.57. The highest BCUT2D eigenvalue weighted by Crippen LogP contribution is 2.19. The number of hydrogen-bond donors (Lipinski definition) is 1. The molecule has 0 aromatic carbocycles. The van der Waals surface area contributed by atoms with Gasteiger partial charge in [0.2, 0.25) is 0 Å². The van der Waals surface area contributed by atoms with E-state index < -0.39 is 5.60 Å². The van der Waals surface area contributed by atoms with E-state index in [1.54, 1.807) is 4.90 Å². The summed E-state index contributed by atoms with van der Waals surface area (Å²) in [7, 11) is 2.16. The van der Waals surface area contributed by atoms with Crippen molar-refractivity contribution in [3.63, 3.8) is 0 Å². The first kappa shape index (κ1) is 21.7. The van der Waals surface area contributed by atoms with Gasteiger partial charge in [-0.25, -0.2) is 9.78 Å². The topological polar surface area (TPSA) is 76.5 Å². The van der Waals surface area contributed by atoms with E-state index >= 15 is 0 Å². The summed E-state index contributed by atoms with van der Waals surface area (Å²) < 4.78 is 5.52.